The number of methoxy groups -OCH3 is 1. The van der Waals surface area contributed by atoms with E-state index in [1.54, 1.807) is 11.9 Å². The molecule has 1 aromatic carbocycles. The van der Waals surface area contributed by atoms with Crippen molar-refractivity contribution >= 4 is 5.91 Å². The molecule has 0 radical (unpaired) electrons. The van der Waals surface area contributed by atoms with Crippen molar-refractivity contribution in [1.29, 1.82) is 0 Å². The van der Waals surface area contributed by atoms with Crippen LogP contribution in [0.5, 0.6) is 0 Å². The van der Waals surface area contributed by atoms with Crippen molar-refractivity contribution in [2.24, 2.45) is 5.92 Å². The molecule has 0 bridgehead atoms. The lowest BCUT2D eigenvalue weighted by Crippen LogP contribution is -2.36. The summed E-state index contributed by atoms with van der Waals surface area (Å²) in [6.07, 6.45) is -4.72. The number of hydrogen-bond acceptors (Lipinski definition) is 3. The third kappa shape index (κ3) is 2.95. The lowest BCUT2D eigenvalue weighted by atomic mass is 10.0. The number of fused-ring (bicyclic) bond motifs is 1. The Labute approximate surface area is 132 Å². The second-order valence-electron chi connectivity index (χ2n) is 6.23. The van der Waals surface area contributed by atoms with Gasteiger partial charge in [0.05, 0.1) is 11.6 Å². The highest BCUT2D eigenvalue weighted by Gasteiger charge is 2.51. The quantitative estimate of drug-likeness (QED) is 0.851. The van der Waals surface area contributed by atoms with Crippen molar-refractivity contribution in [3.05, 3.63) is 35.4 Å². The molecule has 0 unspecified atom stereocenters. The number of hydrogen-bond donors (Lipinski definition) is 0. The van der Waals surface area contributed by atoms with Gasteiger partial charge in [0.25, 0.3) is 5.91 Å². The molecule has 0 N–H and O–H groups in total. The van der Waals surface area contributed by atoms with E-state index >= 15 is 0 Å². The van der Waals surface area contributed by atoms with Crippen molar-refractivity contribution < 1.29 is 22.7 Å². The molecule has 1 amide bonds. The van der Waals surface area contributed by atoms with Crippen LogP contribution in [0.3, 0.4) is 0 Å². The van der Waals surface area contributed by atoms with Crippen LogP contribution < -0.4 is 0 Å². The number of carbonyl (C=O) groups excluding carboxylic acids is 1. The van der Waals surface area contributed by atoms with E-state index in [1.807, 2.05) is 0 Å². The van der Waals surface area contributed by atoms with Crippen LogP contribution >= 0.6 is 0 Å². The summed E-state index contributed by atoms with van der Waals surface area (Å²) in [5.41, 5.74) is 0.199. The lowest BCUT2D eigenvalue weighted by molar-refractivity contribution is -0.138. The first-order chi connectivity index (χ1) is 10.8. The maximum Gasteiger partial charge on any atom is 0.416 e. The fourth-order valence-electron chi connectivity index (χ4n) is 3.61. The van der Waals surface area contributed by atoms with E-state index in [9.17, 15) is 18.0 Å². The molecule has 2 fully saturated rings. The molecule has 3 rings (SSSR count). The van der Waals surface area contributed by atoms with Gasteiger partial charge in [-0.15, -0.1) is 0 Å². The van der Waals surface area contributed by atoms with Gasteiger partial charge in [-0.2, -0.15) is 13.2 Å². The molecule has 0 spiro atoms. The largest absolute Gasteiger partial charge is 0.416 e. The van der Waals surface area contributed by atoms with E-state index in [2.05, 4.69) is 4.90 Å². The van der Waals surface area contributed by atoms with Crippen molar-refractivity contribution in [3.63, 3.8) is 0 Å². The number of carbonyl (C=O) groups is 1. The first-order valence-corrected chi connectivity index (χ1v) is 7.49. The third-order valence-corrected chi connectivity index (χ3v) is 4.83. The van der Waals surface area contributed by atoms with E-state index in [0.717, 1.165) is 17.7 Å². The van der Waals surface area contributed by atoms with Crippen LogP contribution in [-0.2, 0) is 22.3 Å². The topological polar surface area (TPSA) is 32.8 Å². The summed E-state index contributed by atoms with van der Waals surface area (Å²) in [6.45, 7) is 2.00. The molecule has 3 atom stereocenters. The Kier molecular flexibility index (Phi) is 4.10. The van der Waals surface area contributed by atoms with Gasteiger partial charge in [0.2, 0.25) is 0 Å². The fraction of sp³-hybridized carbons (Fsp3) is 0.562. The van der Waals surface area contributed by atoms with Crippen LogP contribution in [0.4, 0.5) is 13.2 Å². The molecule has 0 aromatic heterocycles. The number of rotatable bonds is 3. The first kappa shape index (κ1) is 16.3. The average molecular weight is 328 g/mol. The predicted octanol–water partition coefficient (Wildman–Crippen LogP) is 1.99. The SMILES string of the molecule is CO[C@@H]1C(=O)N(C)[C@@H]2CN(Cc3ccc(C(F)(F)F)cc3)C[C@H]12. The van der Waals surface area contributed by atoms with Crippen molar-refractivity contribution in [3.8, 4) is 0 Å². The fourth-order valence-corrected chi connectivity index (χ4v) is 3.61. The minimum Gasteiger partial charge on any atom is -0.371 e. The normalized spacial score (nSPS) is 28.5. The number of alkyl halides is 3. The van der Waals surface area contributed by atoms with Gasteiger partial charge in [-0.1, -0.05) is 12.1 Å². The molecule has 0 aliphatic carbocycles. The van der Waals surface area contributed by atoms with Crippen molar-refractivity contribution in [2.45, 2.75) is 24.9 Å². The van der Waals surface area contributed by atoms with Gasteiger partial charge in [-0.3, -0.25) is 9.69 Å². The van der Waals surface area contributed by atoms with E-state index in [4.69, 9.17) is 4.74 Å². The minimum atomic E-state index is -4.31. The highest BCUT2D eigenvalue weighted by molar-refractivity contribution is 5.84. The summed E-state index contributed by atoms with van der Waals surface area (Å²) < 4.78 is 43.1. The average Bonchev–Trinajstić information content (AvgIpc) is 2.98. The monoisotopic (exact) mass is 328 g/mol. The molecular formula is C16H19F3N2O2. The summed E-state index contributed by atoms with van der Waals surface area (Å²) in [5, 5.41) is 0. The number of halogens is 3. The Morgan fingerprint density at radius 1 is 1.22 bits per heavy atom. The van der Waals surface area contributed by atoms with Gasteiger partial charge in [0, 0.05) is 39.7 Å². The van der Waals surface area contributed by atoms with Crippen LogP contribution in [0.2, 0.25) is 0 Å². The summed E-state index contributed by atoms with van der Waals surface area (Å²) in [7, 11) is 3.32. The van der Waals surface area contributed by atoms with E-state index in [-0.39, 0.29) is 17.9 Å². The van der Waals surface area contributed by atoms with E-state index < -0.39 is 17.8 Å². The van der Waals surface area contributed by atoms with Gasteiger partial charge in [-0.05, 0) is 17.7 Å². The molecule has 4 nitrogen and oxygen atoms in total. The number of likely N-dealkylation sites (N-methyl/N-ethyl adjacent to an activating group) is 1. The molecule has 2 aliphatic heterocycles. The van der Waals surface area contributed by atoms with Gasteiger partial charge in [0.15, 0.2) is 0 Å². The highest BCUT2D eigenvalue weighted by Crippen LogP contribution is 2.34. The molecule has 23 heavy (non-hydrogen) atoms. The zero-order valence-electron chi connectivity index (χ0n) is 13.0. The molecule has 0 saturated carbocycles. The Hall–Kier alpha value is -1.60. The molecular weight excluding hydrogens is 309 g/mol. The number of nitrogens with zero attached hydrogens (tertiary/aromatic N) is 2. The number of amides is 1. The van der Waals surface area contributed by atoms with Crippen molar-refractivity contribution in [1.82, 2.24) is 9.80 Å². The first-order valence-electron chi connectivity index (χ1n) is 7.49. The zero-order valence-corrected chi connectivity index (χ0v) is 13.0. The van der Waals surface area contributed by atoms with Crippen LogP contribution in [0.1, 0.15) is 11.1 Å². The standard InChI is InChI=1S/C16H19F3N2O2/c1-20-13-9-21(8-12(13)14(23-2)15(20)22)7-10-3-5-11(6-4-10)16(17,18)19/h3-6,12-14H,7-9H2,1-2H3/t12-,13+,14-/m0/s1. The molecule has 126 valence electrons. The maximum absolute atomic E-state index is 12.6. The van der Waals surface area contributed by atoms with E-state index in [0.29, 0.717) is 19.6 Å². The summed E-state index contributed by atoms with van der Waals surface area (Å²) in [5.74, 6) is 0.128. The van der Waals surface area contributed by atoms with Crippen molar-refractivity contribution in [2.75, 3.05) is 27.2 Å². The third-order valence-electron chi connectivity index (χ3n) is 4.83. The lowest BCUT2D eigenvalue weighted by Gasteiger charge is -2.21. The Bertz CT molecular complexity index is 588. The number of benzene rings is 1. The Balaban J connectivity index is 1.66. The second kappa shape index (κ2) is 5.79. The van der Waals surface area contributed by atoms with Gasteiger partial charge < -0.3 is 9.64 Å². The summed E-state index contributed by atoms with van der Waals surface area (Å²) in [6, 6.07) is 5.36. The molecule has 7 heteroatoms. The second-order valence-corrected chi connectivity index (χ2v) is 6.23. The minimum absolute atomic E-state index is 0.0108. The van der Waals surface area contributed by atoms with Crippen LogP contribution in [0.15, 0.2) is 24.3 Å². The maximum atomic E-state index is 12.6. The summed E-state index contributed by atoms with van der Waals surface area (Å²) in [4.78, 5) is 15.9. The number of likely N-dealkylation sites (tertiary alicyclic amines) is 2. The van der Waals surface area contributed by atoms with Crippen LogP contribution in [0, 0.1) is 5.92 Å². The van der Waals surface area contributed by atoms with Crippen LogP contribution in [0.25, 0.3) is 0 Å². The number of ether oxygens (including phenoxy) is 1. The highest BCUT2D eigenvalue weighted by atomic mass is 19.4. The van der Waals surface area contributed by atoms with Gasteiger partial charge in [0.1, 0.15) is 6.10 Å². The van der Waals surface area contributed by atoms with Crippen LogP contribution in [-0.4, -0.2) is 55.1 Å². The molecule has 2 aliphatic rings. The Morgan fingerprint density at radius 2 is 1.87 bits per heavy atom. The zero-order chi connectivity index (χ0) is 16.8. The van der Waals surface area contributed by atoms with E-state index in [1.165, 1.54) is 19.2 Å². The molecule has 1 aromatic rings. The Morgan fingerprint density at radius 3 is 2.43 bits per heavy atom. The van der Waals surface area contributed by atoms with Gasteiger partial charge >= 0.3 is 6.18 Å². The molecule has 2 heterocycles. The van der Waals surface area contributed by atoms with Gasteiger partial charge in [-0.25, -0.2) is 0 Å². The predicted molar refractivity (Wildman–Crippen MR) is 77.6 cm³/mol. The molecule has 2 saturated heterocycles. The summed E-state index contributed by atoms with van der Waals surface area (Å²) >= 11 is 0. The smallest absolute Gasteiger partial charge is 0.371 e.